The van der Waals surface area contributed by atoms with Gasteiger partial charge in [0.1, 0.15) is 6.61 Å². The van der Waals surface area contributed by atoms with Crippen LogP contribution in [0.15, 0.2) is 0 Å². The van der Waals surface area contributed by atoms with E-state index in [-0.39, 0.29) is 0 Å². The molecule has 0 aromatic carbocycles. The molecule has 0 spiro atoms. The lowest BCUT2D eigenvalue weighted by atomic mass is 10.2. The molecule has 5 heteroatoms. The minimum absolute atomic E-state index is 0.569. The highest BCUT2D eigenvalue weighted by Crippen LogP contribution is 2.20. The highest BCUT2D eigenvalue weighted by atomic mass is 16.5. The third-order valence-electron chi connectivity index (χ3n) is 2.75. The average molecular weight is 255 g/mol. The molecule has 0 fully saturated rings. The van der Waals surface area contributed by atoms with Gasteiger partial charge in [-0.1, -0.05) is 13.3 Å². The van der Waals surface area contributed by atoms with Crippen molar-refractivity contribution in [2.75, 3.05) is 26.9 Å². The molecule has 0 amide bonds. The van der Waals surface area contributed by atoms with E-state index >= 15 is 0 Å². The van der Waals surface area contributed by atoms with E-state index < -0.39 is 0 Å². The number of unbranched alkanes of at least 4 members (excludes halogenated alkanes) is 1. The smallest absolute Gasteiger partial charge is 0.216 e. The van der Waals surface area contributed by atoms with E-state index in [1.807, 2.05) is 21.0 Å². The first kappa shape index (κ1) is 15.0. The van der Waals surface area contributed by atoms with Crippen molar-refractivity contribution in [2.45, 2.75) is 33.2 Å². The van der Waals surface area contributed by atoms with Gasteiger partial charge in [0.2, 0.25) is 5.88 Å². The molecule has 0 aliphatic heterocycles. The van der Waals surface area contributed by atoms with Gasteiger partial charge in [-0.3, -0.25) is 0 Å². The lowest BCUT2D eigenvalue weighted by molar-refractivity contribution is 0.0946. The molecule has 0 bridgehead atoms. The van der Waals surface area contributed by atoms with E-state index in [1.165, 1.54) is 0 Å². The van der Waals surface area contributed by atoms with Crippen molar-refractivity contribution >= 4 is 0 Å². The Morgan fingerprint density at radius 1 is 1.28 bits per heavy atom. The number of ether oxygens (including phenoxy) is 2. The van der Waals surface area contributed by atoms with E-state index in [4.69, 9.17) is 9.47 Å². The first-order valence-electron chi connectivity index (χ1n) is 6.58. The zero-order valence-electron chi connectivity index (χ0n) is 12.0. The summed E-state index contributed by atoms with van der Waals surface area (Å²) < 4.78 is 13.0. The van der Waals surface area contributed by atoms with Crippen molar-refractivity contribution in [3.63, 3.8) is 0 Å². The fraction of sp³-hybridized carbons (Fsp3) is 0.769. The summed E-state index contributed by atoms with van der Waals surface area (Å²) in [5.41, 5.74) is 2.13. The van der Waals surface area contributed by atoms with Crippen LogP contribution < -0.4 is 10.1 Å². The molecule has 5 nitrogen and oxygen atoms in total. The fourth-order valence-electron chi connectivity index (χ4n) is 1.79. The number of rotatable bonds is 9. The molecule has 18 heavy (non-hydrogen) atoms. The van der Waals surface area contributed by atoms with Crippen molar-refractivity contribution in [2.24, 2.45) is 7.05 Å². The Bertz CT molecular complexity index is 350. The van der Waals surface area contributed by atoms with Crippen LogP contribution in [-0.2, 0) is 18.3 Å². The maximum Gasteiger partial charge on any atom is 0.216 e. The standard InChI is InChI=1S/C13H25N3O2/c1-5-6-7-17-8-9-18-13-12(10-14-3)11(2)15-16(13)4/h14H,5-10H2,1-4H3. The number of hydrogen-bond donors (Lipinski definition) is 1. The Morgan fingerprint density at radius 2 is 2.06 bits per heavy atom. The van der Waals surface area contributed by atoms with Crippen LogP contribution in [0.25, 0.3) is 0 Å². The van der Waals surface area contributed by atoms with Crippen LogP contribution in [0.3, 0.4) is 0 Å². The Hall–Kier alpha value is -1.07. The summed E-state index contributed by atoms with van der Waals surface area (Å²) in [5, 5.41) is 7.50. The zero-order valence-corrected chi connectivity index (χ0v) is 12.0. The number of nitrogens with one attached hydrogen (secondary N) is 1. The number of nitrogens with zero attached hydrogens (tertiary/aromatic N) is 2. The molecule has 0 saturated carbocycles. The highest BCUT2D eigenvalue weighted by molar-refractivity contribution is 5.30. The van der Waals surface area contributed by atoms with Crippen LogP contribution >= 0.6 is 0 Å². The van der Waals surface area contributed by atoms with Gasteiger partial charge in [0.05, 0.1) is 17.9 Å². The van der Waals surface area contributed by atoms with Gasteiger partial charge in [0.15, 0.2) is 0 Å². The van der Waals surface area contributed by atoms with E-state index in [0.717, 1.165) is 43.1 Å². The van der Waals surface area contributed by atoms with E-state index in [9.17, 15) is 0 Å². The molecule has 1 aromatic rings. The van der Waals surface area contributed by atoms with Gasteiger partial charge in [0, 0.05) is 20.2 Å². The number of hydrogen-bond acceptors (Lipinski definition) is 4. The third-order valence-corrected chi connectivity index (χ3v) is 2.75. The predicted octanol–water partition coefficient (Wildman–Crippen LogP) is 1.64. The fourth-order valence-corrected chi connectivity index (χ4v) is 1.79. The largest absolute Gasteiger partial charge is 0.475 e. The molecular weight excluding hydrogens is 230 g/mol. The number of aromatic nitrogens is 2. The second-order valence-corrected chi connectivity index (χ2v) is 4.34. The van der Waals surface area contributed by atoms with Gasteiger partial charge < -0.3 is 14.8 Å². The van der Waals surface area contributed by atoms with Crippen LogP contribution in [-0.4, -0.2) is 36.6 Å². The Morgan fingerprint density at radius 3 is 2.72 bits per heavy atom. The summed E-state index contributed by atoms with van der Waals surface area (Å²) in [6, 6.07) is 0. The van der Waals surface area contributed by atoms with Crippen LogP contribution in [0.4, 0.5) is 0 Å². The monoisotopic (exact) mass is 255 g/mol. The third kappa shape index (κ3) is 4.31. The topological polar surface area (TPSA) is 48.3 Å². The van der Waals surface area contributed by atoms with Gasteiger partial charge in [-0.25, -0.2) is 4.68 Å². The molecule has 1 rings (SSSR count). The van der Waals surface area contributed by atoms with Crippen molar-refractivity contribution in [1.82, 2.24) is 15.1 Å². The quantitative estimate of drug-likeness (QED) is 0.682. The van der Waals surface area contributed by atoms with Crippen LogP contribution in [0.2, 0.25) is 0 Å². The summed E-state index contributed by atoms with van der Waals surface area (Å²) in [6.45, 7) is 6.93. The van der Waals surface area contributed by atoms with Crippen LogP contribution in [0, 0.1) is 6.92 Å². The number of aryl methyl sites for hydroxylation is 2. The van der Waals surface area contributed by atoms with Gasteiger partial charge in [-0.2, -0.15) is 5.10 Å². The van der Waals surface area contributed by atoms with Crippen molar-refractivity contribution in [1.29, 1.82) is 0 Å². The minimum Gasteiger partial charge on any atom is -0.475 e. The predicted molar refractivity (Wildman–Crippen MR) is 71.9 cm³/mol. The first-order valence-corrected chi connectivity index (χ1v) is 6.58. The van der Waals surface area contributed by atoms with Gasteiger partial charge >= 0.3 is 0 Å². The molecule has 0 atom stereocenters. The summed E-state index contributed by atoms with van der Waals surface area (Å²) >= 11 is 0. The molecule has 0 aliphatic rings. The second kappa shape index (κ2) is 8.11. The molecular formula is C13H25N3O2. The lowest BCUT2D eigenvalue weighted by Gasteiger charge is -2.09. The van der Waals surface area contributed by atoms with Crippen LogP contribution in [0.1, 0.15) is 31.0 Å². The summed E-state index contributed by atoms with van der Waals surface area (Å²) in [5.74, 6) is 0.834. The van der Waals surface area contributed by atoms with Gasteiger partial charge in [0.25, 0.3) is 0 Å². The molecule has 104 valence electrons. The zero-order chi connectivity index (χ0) is 13.4. The lowest BCUT2D eigenvalue weighted by Crippen LogP contribution is -2.12. The van der Waals surface area contributed by atoms with E-state index in [1.54, 1.807) is 4.68 Å². The normalized spacial score (nSPS) is 10.9. The summed E-state index contributed by atoms with van der Waals surface area (Å²) in [7, 11) is 3.82. The molecule has 0 radical (unpaired) electrons. The molecule has 0 unspecified atom stereocenters. The van der Waals surface area contributed by atoms with Gasteiger partial charge in [-0.15, -0.1) is 0 Å². The Kier molecular flexibility index (Phi) is 6.75. The second-order valence-electron chi connectivity index (χ2n) is 4.34. The molecule has 1 N–H and O–H groups in total. The Labute approximate surface area is 109 Å². The molecule has 1 heterocycles. The van der Waals surface area contributed by atoms with Crippen molar-refractivity contribution < 1.29 is 9.47 Å². The van der Waals surface area contributed by atoms with Gasteiger partial charge in [-0.05, 0) is 20.4 Å². The van der Waals surface area contributed by atoms with Crippen molar-refractivity contribution in [3.8, 4) is 5.88 Å². The summed E-state index contributed by atoms with van der Waals surface area (Å²) in [6.07, 6.45) is 2.27. The highest BCUT2D eigenvalue weighted by Gasteiger charge is 2.13. The first-order chi connectivity index (χ1) is 8.70. The van der Waals surface area contributed by atoms with E-state index in [2.05, 4.69) is 17.3 Å². The minimum atomic E-state index is 0.569. The van der Waals surface area contributed by atoms with Crippen LogP contribution in [0.5, 0.6) is 5.88 Å². The Balaban J connectivity index is 2.41. The SMILES string of the molecule is CCCCOCCOc1c(CNC)c(C)nn1C. The average Bonchev–Trinajstić information content (AvgIpc) is 2.60. The van der Waals surface area contributed by atoms with Crippen molar-refractivity contribution in [3.05, 3.63) is 11.3 Å². The summed E-state index contributed by atoms with van der Waals surface area (Å²) in [4.78, 5) is 0. The van der Waals surface area contributed by atoms with E-state index in [0.29, 0.717) is 13.2 Å². The maximum atomic E-state index is 5.76. The molecule has 0 saturated heterocycles. The maximum absolute atomic E-state index is 5.76. The molecule has 1 aromatic heterocycles. The molecule has 0 aliphatic carbocycles.